The average Bonchev–Trinajstić information content (AvgIpc) is 3.85. The molecule has 15 rings (SSSR count). The van der Waals surface area contributed by atoms with Crippen molar-refractivity contribution < 1.29 is 4.74 Å². The largest absolute Gasteiger partial charge is 0.456 e. The second kappa shape index (κ2) is 15.1. The van der Waals surface area contributed by atoms with Gasteiger partial charge in [0, 0.05) is 48.2 Å². The van der Waals surface area contributed by atoms with Crippen molar-refractivity contribution in [2.75, 3.05) is 4.90 Å². The van der Waals surface area contributed by atoms with Crippen LogP contribution in [0.4, 0.5) is 17.1 Å². The summed E-state index contributed by atoms with van der Waals surface area (Å²) in [6, 6.07) is 92.2. The first-order valence-electron chi connectivity index (χ1n) is 24.1. The monoisotopic (exact) mass is 907 g/mol. The van der Waals surface area contributed by atoms with Gasteiger partial charge in [-0.15, -0.1) is 11.3 Å². The lowest BCUT2D eigenvalue weighted by atomic mass is 9.65. The van der Waals surface area contributed by atoms with Gasteiger partial charge in [0.05, 0.1) is 11.1 Å². The Balaban J connectivity index is 1.04. The highest BCUT2D eigenvalue weighted by atomic mass is 32.1. The molecule has 2 heterocycles. The summed E-state index contributed by atoms with van der Waals surface area (Å²) in [6.45, 7) is 0. The van der Waals surface area contributed by atoms with E-state index in [1.54, 1.807) is 0 Å². The summed E-state index contributed by atoms with van der Waals surface area (Å²) < 4.78 is 9.32. The lowest BCUT2D eigenvalue weighted by Crippen LogP contribution is -2.29. The number of fused-ring (bicyclic) bond motifs is 20. The first kappa shape index (κ1) is 39.3. The highest BCUT2D eigenvalue weighted by Gasteiger charge is 2.50. The Hall–Kier alpha value is -8.76. The number of hydrogen-bond donors (Lipinski definition) is 0. The number of para-hydroxylation sites is 3. The summed E-state index contributed by atoms with van der Waals surface area (Å²) in [4.78, 5) is 2.48. The summed E-state index contributed by atoms with van der Waals surface area (Å²) in [5.41, 5.74) is 22.1. The van der Waals surface area contributed by atoms with E-state index in [-0.39, 0.29) is 0 Å². The van der Waals surface area contributed by atoms with Crippen LogP contribution in [0.1, 0.15) is 22.3 Å². The molecule has 3 heteroatoms. The van der Waals surface area contributed by atoms with Crippen molar-refractivity contribution in [3.8, 4) is 78.3 Å². The standard InChI is InChI=1S/C67H41NOS/c1-2-18-42(19-3-1)45-20-8-14-30-62(45)68(43-34-36-48-51-25-9-15-31-63(51)69-64-32-16-10-26-52(64)54(48)38-43)44-35-37-60-55(39-44)47-22-5-4-21-46(47)49-23-6-12-28-58(49)67(60)59-29-13-7-24-50(59)56-41-66-57(40-61(56)67)53-27-11-17-33-65(53)70-66/h1-41H. The van der Waals surface area contributed by atoms with Gasteiger partial charge in [-0.3, -0.25) is 0 Å². The third-order valence-corrected chi connectivity index (χ3v) is 16.2. The molecule has 0 radical (unpaired) electrons. The second-order valence-corrected chi connectivity index (χ2v) is 19.7. The molecule has 1 aromatic heterocycles. The quantitative estimate of drug-likeness (QED) is 0.174. The summed E-state index contributed by atoms with van der Waals surface area (Å²) in [5, 5.41) is 2.62. The van der Waals surface area contributed by atoms with Crippen molar-refractivity contribution in [3.63, 3.8) is 0 Å². The second-order valence-electron chi connectivity index (χ2n) is 18.7. The summed E-state index contributed by atoms with van der Waals surface area (Å²) in [6.07, 6.45) is 0. The lowest BCUT2D eigenvalue weighted by molar-refractivity contribution is 0.488. The fraction of sp³-hybridized carbons (Fsp3) is 0.0149. The minimum Gasteiger partial charge on any atom is -0.456 e. The number of anilines is 3. The van der Waals surface area contributed by atoms with Crippen molar-refractivity contribution in [3.05, 3.63) is 271 Å². The zero-order valence-electron chi connectivity index (χ0n) is 37.9. The highest BCUT2D eigenvalue weighted by molar-refractivity contribution is 7.25. The molecule has 3 aliphatic rings. The SMILES string of the molecule is c1ccc(-c2ccccc2N(c2ccc3c(c2)-c2ccccc2Oc2ccccc2-3)c2ccc3c(c2)-c2ccccc2-c2ccccc2C32c3ccccc3-c3cc4sc5ccccc5c4cc32)cc1. The summed E-state index contributed by atoms with van der Waals surface area (Å²) in [5.74, 6) is 1.70. The fourth-order valence-corrected chi connectivity index (χ4v) is 13.3. The topological polar surface area (TPSA) is 12.5 Å². The Morgan fingerprint density at radius 3 is 1.54 bits per heavy atom. The van der Waals surface area contributed by atoms with E-state index in [4.69, 9.17) is 4.74 Å². The van der Waals surface area contributed by atoms with Crippen LogP contribution in [0.5, 0.6) is 11.5 Å². The molecule has 0 saturated carbocycles. The van der Waals surface area contributed by atoms with E-state index in [0.717, 1.165) is 61.9 Å². The molecule has 1 spiro atoms. The number of hydrogen-bond acceptors (Lipinski definition) is 3. The van der Waals surface area contributed by atoms with Gasteiger partial charge < -0.3 is 9.64 Å². The van der Waals surface area contributed by atoms with Crippen LogP contribution >= 0.6 is 11.3 Å². The van der Waals surface area contributed by atoms with E-state index in [1.165, 1.54) is 75.8 Å². The first-order valence-corrected chi connectivity index (χ1v) is 24.9. The maximum absolute atomic E-state index is 6.69. The Bertz CT molecular complexity index is 4130. The van der Waals surface area contributed by atoms with Crippen molar-refractivity contribution in [2.45, 2.75) is 5.41 Å². The van der Waals surface area contributed by atoms with Crippen LogP contribution in [-0.2, 0) is 5.41 Å². The van der Waals surface area contributed by atoms with Gasteiger partial charge in [0.2, 0.25) is 0 Å². The van der Waals surface area contributed by atoms with E-state index < -0.39 is 5.41 Å². The molecule has 12 aromatic rings. The molecular weight excluding hydrogens is 867 g/mol. The molecule has 70 heavy (non-hydrogen) atoms. The van der Waals surface area contributed by atoms with Gasteiger partial charge >= 0.3 is 0 Å². The maximum Gasteiger partial charge on any atom is 0.135 e. The lowest BCUT2D eigenvalue weighted by Gasteiger charge is -2.36. The third-order valence-electron chi connectivity index (χ3n) is 15.1. The van der Waals surface area contributed by atoms with Crippen LogP contribution in [-0.4, -0.2) is 0 Å². The van der Waals surface area contributed by atoms with Gasteiger partial charge in [0.15, 0.2) is 0 Å². The Morgan fingerprint density at radius 1 is 0.300 bits per heavy atom. The normalized spacial score (nSPS) is 14.5. The molecule has 1 unspecified atom stereocenters. The summed E-state index contributed by atoms with van der Waals surface area (Å²) >= 11 is 1.89. The van der Waals surface area contributed by atoms with E-state index in [2.05, 4.69) is 254 Å². The number of nitrogens with zero attached hydrogens (tertiary/aromatic N) is 1. The molecular formula is C67H41NOS. The molecule has 1 atom stereocenters. The van der Waals surface area contributed by atoms with Gasteiger partial charge in [-0.2, -0.15) is 0 Å². The molecule has 0 N–H and O–H groups in total. The van der Waals surface area contributed by atoms with Crippen LogP contribution in [0.25, 0.3) is 86.9 Å². The van der Waals surface area contributed by atoms with Gasteiger partial charge in [-0.25, -0.2) is 0 Å². The highest BCUT2D eigenvalue weighted by Crippen LogP contribution is 2.63. The van der Waals surface area contributed by atoms with Crippen molar-refractivity contribution in [1.82, 2.24) is 0 Å². The molecule has 1 aliphatic heterocycles. The first-order chi connectivity index (χ1) is 34.7. The van der Waals surface area contributed by atoms with Crippen LogP contribution in [0, 0.1) is 0 Å². The molecule has 11 aromatic carbocycles. The molecule has 2 nitrogen and oxygen atoms in total. The van der Waals surface area contributed by atoms with Crippen LogP contribution in [0.15, 0.2) is 249 Å². The average molecular weight is 908 g/mol. The van der Waals surface area contributed by atoms with Crippen molar-refractivity contribution in [2.24, 2.45) is 0 Å². The van der Waals surface area contributed by atoms with Gasteiger partial charge in [-0.1, -0.05) is 188 Å². The van der Waals surface area contributed by atoms with Gasteiger partial charge in [0.25, 0.3) is 0 Å². The van der Waals surface area contributed by atoms with Gasteiger partial charge in [0.1, 0.15) is 11.5 Å². The van der Waals surface area contributed by atoms with E-state index >= 15 is 0 Å². The predicted molar refractivity (Wildman–Crippen MR) is 292 cm³/mol. The Morgan fingerprint density at radius 2 is 0.800 bits per heavy atom. The molecule has 0 saturated heterocycles. The summed E-state index contributed by atoms with van der Waals surface area (Å²) in [7, 11) is 0. The Labute approximate surface area is 410 Å². The van der Waals surface area contributed by atoms with E-state index in [1.807, 2.05) is 11.3 Å². The molecule has 326 valence electrons. The molecule has 0 fully saturated rings. The van der Waals surface area contributed by atoms with Crippen LogP contribution in [0.3, 0.4) is 0 Å². The minimum absolute atomic E-state index is 0.624. The number of rotatable bonds is 4. The zero-order chi connectivity index (χ0) is 45.9. The minimum atomic E-state index is -0.624. The molecule has 0 amide bonds. The predicted octanol–water partition coefficient (Wildman–Crippen LogP) is 18.6. The molecule has 2 aliphatic carbocycles. The zero-order valence-corrected chi connectivity index (χ0v) is 38.8. The molecule has 0 bridgehead atoms. The van der Waals surface area contributed by atoms with Crippen molar-refractivity contribution >= 4 is 48.6 Å². The van der Waals surface area contributed by atoms with Crippen molar-refractivity contribution in [1.29, 1.82) is 0 Å². The maximum atomic E-state index is 6.69. The van der Waals surface area contributed by atoms with Gasteiger partial charge in [-0.05, 0) is 133 Å². The van der Waals surface area contributed by atoms with Crippen LogP contribution in [0.2, 0.25) is 0 Å². The third kappa shape index (κ3) is 5.55. The number of thiophene rings is 1. The van der Waals surface area contributed by atoms with E-state index in [0.29, 0.717) is 0 Å². The number of benzene rings is 11. The Kier molecular flexibility index (Phi) is 8.48. The fourth-order valence-electron chi connectivity index (χ4n) is 12.2. The van der Waals surface area contributed by atoms with E-state index in [9.17, 15) is 0 Å². The number of ether oxygens (including phenoxy) is 1. The smallest absolute Gasteiger partial charge is 0.135 e. The van der Waals surface area contributed by atoms with Crippen LogP contribution < -0.4 is 9.64 Å².